The number of morpholine rings is 1. The summed E-state index contributed by atoms with van der Waals surface area (Å²) in [6.45, 7) is 0.941. The summed E-state index contributed by atoms with van der Waals surface area (Å²) in [6.07, 6.45) is 0.845. The normalized spacial score (nSPS) is 27.4. The molecule has 4 rings (SSSR count). The zero-order valence-electron chi connectivity index (χ0n) is 9.89. The Balaban J connectivity index is 1.85. The van der Waals surface area contributed by atoms with Gasteiger partial charge in [0.25, 0.3) is 0 Å². The number of hydrogen-bond acceptors (Lipinski definition) is 6. The molecule has 8 heteroatoms. The van der Waals surface area contributed by atoms with Crippen molar-refractivity contribution in [2.75, 3.05) is 13.2 Å². The van der Waals surface area contributed by atoms with Crippen LogP contribution >= 0.6 is 11.7 Å². The number of hydrogen-bond donors (Lipinski definition) is 0. The zero-order valence-corrected chi connectivity index (χ0v) is 11.5. The average Bonchev–Trinajstić information content (AvgIpc) is 3.13. The molecule has 6 nitrogen and oxygen atoms in total. The standard InChI is InChI=1S/C11H11N3O3S2/c15-19(16,14-5-8-4-7(14)6-17-8)10-3-1-2-9-11(10)13-18-12-9/h1-3,7-8H,4-6H2/t7-,8+/m0/s1. The highest BCUT2D eigenvalue weighted by Gasteiger charge is 2.45. The van der Waals surface area contributed by atoms with Crippen LogP contribution in [0, 0.1) is 0 Å². The second-order valence-electron chi connectivity index (χ2n) is 4.81. The van der Waals surface area contributed by atoms with Gasteiger partial charge in [-0.25, -0.2) is 8.42 Å². The van der Waals surface area contributed by atoms with E-state index >= 15 is 0 Å². The maximum atomic E-state index is 12.7. The third-order valence-electron chi connectivity index (χ3n) is 3.69. The summed E-state index contributed by atoms with van der Waals surface area (Å²) in [5.74, 6) is 0. The van der Waals surface area contributed by atoms with Crippen LogP contribution in [-0.4, -0.2) is 46.8 Å². The lowest BCUT2D eigenvalue weighted by Crippen LogP contribution is -2.41. The minimum Gasteiger partial charge on any atom is -0.375 e. The summed E-state index contributed by atoms with van der Waals surface area (Å²) in [5.41, 5.74) is 1.10. The molecule has 2 bridgehead atoms. The van der Waals surface area contributed by atoms with E-state index in [1.807, 2.05) is 0 Å². The number of rotatable bonds is 2. The fourth-order valence-electron chi connectivity index (χ4n) is 2.77. The van der Waals surface area contributed by atoms with Crippen LogP contribution in [0.2, 0.25) is 0 Å². The molecule has 1 aromatic carbocycles. The van der Waals surface area contributed by atoms with Gasteiger partial charge >= 0.3 is 0 Å². The van der Waals surface area contributed by atoms with Crippen molar-refractivity contribution in [2.45, 2.75) is 23.5 Å². The molecule has 0 amide bonds. The van der Waals surface area contributed by atoms with Gasteiger partial charge in [0, 0.05) is 6.54 Å². The second kappa shape index (κ2) is 3.95. The van der Waals surface area contributed by atoms with Crippen LogP contribution < -0.4 is 0 Å². The topological polar surface area (TPSA) is 72.4 Å². The highest BCUT2D eigenvalue weighted by molar-refractivity contribution is 7.89. The van der Waals surface area contributed by atoms with Crippen LogP contribution in [0.3, 0.4) is 0 Å². The first kappa shape index (κ1) is 11.7. The van der Waals surface area contributed by atoms with Crippen molar-refractivity contribution in [1.29, 1.82) is 0 Å². The largest absolute Gasteiger partial charge is 0.375 e. The number of ether oxygens (including phenoxy) is 1. The molecule has 0 radical (unpaired) electrons. The van der Waals surface area contributed by atoms with Gasteiger partial charge in [0.1, 0.15) is 15.9 Å². The van der Waals surface area contributed by atoms with Crippen molar-refractivity contribution in [3.05, 3.63) is 18.2 Å². The molecule has 2 fully saturated rings. The summed E-state index contributed by atoms with van der Waals surface area (Å²) < 4.78 is 40.7. The van der Waals surface area contributed by atoms with E-state index in [4.69, 9.17) is 4.74 Å². The van der Waals surface area contributed by atoms with E-state index in [1.165, 1.54) is 0 Å². The third-order valence-corrected chi connectivity index (χ3v) is 6.18. The van der Waals surface area contributed by atoms with E-state index in [0.29, 0.717) is 24.2 Å². The minimum atomic E-state index is -3.51. The van der Waals surface area contributed by atoms with Crippen LogP contribution in [0.5, 0.6) is 0 Å². The Morgan fingerprint density at radius 1 is 1.37 bits per heavy atom. The van der Waals surface area contributed by atoms with E-state index in [1.54, 1.807) is 22.5 Å². The van der Waals surface area contributed by atoms with Crippen LogP contribution in [0.25, 0.3) is 11.0 Å². The summed E-state index contributed by atoms with van der Waals surface area (Å²) in [7, 11) is -3.51. The van der Waals surface area contributed by atoms with Gasteiger partial charge in [0.2, 0.25) is 10.0 Å². The van der Waals surface area contributed by atoms with E-state index in [-0.39, 0.29) is 17.0 Å². The fourth-order valence-corrected chi connectivity index (χ4v) is 5.18. The molecule has 100 valence electrons. The first-order chi connectivity index (χ1) is 9.16. The third kappa shape index (κ3) is 1.64. The van der Waals surface area contributed by atoms with Gasteiger partial charge in [0.15, 0.2) is 0 Å². The van der Waals surface area contributed by atoms with Crippen molar-refractivity contribution < 1.29 is 13.2 Å². The molecule has 2 aromatic rings. The van der Waals surface area contributed by atoms with E-state index < -0.39 is 10.0 Å². The van der Waals surface area contributed by atoms with Crippen molar-refractivity contribution in [1.82, 2.24) is 13.1 Å². The summed E-state index contributed by atoms with van der Waals surface area (Å²) in [5, 5.41) is 0. The predicted octanol–water partition coefficient (Wildman–Crippen LogP) is 0.853. The lowest BCUT2D eigenvalue weighted by Gasteiger charge is -2.26. The molecule has 0 N–H and O–H groups in total. The molecule has 0 spiro atoms. The Bertz CT molecular complexity index is 742. The Morgan fingerprint density at radius 2 is 2.26 bits per heavy atom. The highest BCUT2D eigenvalue weighted by Crippen LogP contribution is 2.34. The van der Waals surface area contributed by atoms with E-state index in [0.717, 1.165) is 18.1 Å². The van der Waals surface area contributed by atoms with Crippen molar-refractivity contribution in [3.8, 4) is 0 Å². The minimum absolute atomic E-state index is 0.0307. The molecule has 0 unspecified atom stereocenters. The summed E-state index contributed by atoms with van der Waals surface area (Å²) >= 11 is 1.03. The van der Waals surface area contributed by atoms with E-state index in [2.05, 4.69) is 8.75 Å². The van der Waals surface area contributed by atoms with Crippen molar-refractivity contribution in [3.63, 3.8) is 0 Å². The Morgan fingerprint density at radius 3 is 3.00 bits per heavy atom. The van der Waals surface area contributed by atoms with Gasteiger partial charge in [-0.3, -0.25) is 0 Å². The molecule has 2 aliphatic heterocycles. The van der Waals surface area contributed by atoms with Gasteiger partial charge in [-0.2, -0.15) is 13.1 Å². The van der Waals surface area contributed by atoms with Crippen LogP contribution in [-0.2, 0) is 14.8 Å². The van der Waals surface area contributed by atoms with Gasteiger partial charge in [-0.15, -0.1) is 0 Å². The molecular formula is C11H11N3O3S2. The first-order valence-corrected chi connectivity index (χ1v) is 8.18. The number of aromatic nitrogens is 2. The molecule has 0 saturated carbocycles. The Kier molecular flexibility index (Phi) is 2.44. The molecular weight excluding hydrogens is 286 g/mol. The van der Waals surface area contributed by atoms with Crippen LogP contribution in [0.4, 0.5) is 0 Å². The van der Waals surface area contributed by atoms with Crippen molar-refractivity contribution in [2.24, 2.45) is 0 Å². The molecule has 2 atom stereocenters. The molecule has 1 aromatic heterocycles. The molecule has 3 heterocycles. The number of nitrogens with zero attached hydrogens (tertiary/aromatic N) is 3. The van der Waals surface area contributed by atoms with Gasteiger partial charge in [-0.1, -0.05) is 6.07 Å². The summed E-state index contributed by atoms with van der Waals surface area (Å²) in [4.78, 5) is 0.256. The fraction of sp³-hybridized carbons (Fsp3) is 0.455. The quantitative estimate of drug-likeness (QED) is 0.822. The van der Waals surface area contributed by atoms with Crippen molar-refractivity contribution >= 4 is 32.8 Å². The summed E-state index contributed by atoms with van der Waals surface area (Å²) in [6, 6.07) is 5.06. The number of fused-ring (bicyclic) bond motifs is 3. The maximum absolute atomic E-state index is 12.7. The maximum Gasteiger partial charge on any atom is 0.245 e. The van der Waals surface area contributed by atoms with E-state index in [9.17, 15) is 8.42 Å². The Hall–Kier alpha value is -1.09. The SMILES string of the molecule is O=S(=O)(c1cccc2nsnc12)N1C[C@H]2C[C@H]1CO2. The zero-order chi connectivity index (χ0) is 13.0. The average molecular weight is 297 g/mol. The Labute approximate surface area is 114 Å². The monoisotopic (exact) mass is 297 g/mol. The van der Waals surface area contributed by atoms with Crippen LogP contribution in [0.15, 0.2) is 23.1 Å². The molecule has 2 saturated heterocycles. The molecule has 19 heavy (non-hydrogen) atoms. The van der Waals surface area contributed by atoms with Gasteiger partial charge in [0.05, 0.1) is 30.5 Å². The number of sulfonamides is 1. The van der Waals surface area contributed by atoms with Gasteiger partial charge < -0.3 is 4.74 Å². The van der Waals surface area contributed by atoms with Crippen LogP contribution in [0.1, 0.15) is 6.42 Å². The number of benzene rings is 1. The predicted molar refractivity (Wildman–Crippen MR) is 69.5 cm³/mol. The lowest BCUT2D eigenvalue weighted by molar-refractivity contribution is 0.0609. The lowest BCUT2D eigenvalue weighted by atomic mass is 10.3. The molecule has 2 aliphatic rings. The smallest absolute Gasteiger partial charge is 0.245 e. The molecule has 0 aliphatic carbocycles. The van der Waals surface area contributed by atoms with Gasteiger partial charge in [-0.05, 0) is 18.6 Å². The highest BCUT2D eigenvalue weighted by atomic mass is 32.2. The first-order valence-electron chi connectivity index (χ1n) is 6.01. The second-order valence-corrected chi connectivity index (χ2v) is 7.20.